The van der Waals surface area contributed by atoms with Gasteiger partial charge in [0.2, 0.25) is 0 Å². The van der Waals surface area contributed by atoms with Crippen molar-refractivity contribution in [1.82, 2.24) is 35.1 Å². The van der Waals surface area contributed by atoms with Crippen LogP contribution >= 0.6 is 0 Å². The molecule has 1 atom stereocenters. The fourth-order valence-corrected chi connectivity index (χ4v) is 4.14. The minimum atomic E-state index is -4.53. The highest BCUT2D eigenvalue weighted by molar-refractivity contribution is 7.47. The lowest BCUT2D eigenvalue weighted by Crippen LogP contribution is -2.40. The lowest BCUT2D eigenvalue weighted by Gasteiger charge is -2.33. The maximum absolute atomic E-state index is 13.4. The number of nitrogens with zero attached hydrogens (tertiary/aromatic N) is 7. The van der Waals surface area contributed by atoms with Gasteiger partial charge in [-0.2, -0.15) is 13.2 Å². The van der Waals surface area contributed by atoms with E-state index in [1.807, 2.05) is 0 Å². The topological polar surface area (TPSA) is 116 Å². The second-order valence-corrected chi connectivity index (χ2v) is 8.03. The van der Waals surface area contributed by atoms with Gasteiger partial charge in [-0.3, -0.25) is 9.78 Å². The summed E-state index contributed by atoms with van der Waals surface area (Å²) in [6.45, 7) is 0.340. The number of carbonyl (C=O) groups excluding carboxylic acids is 1. The summed E-state index contributed by atoms with van der Waals surface area (Å²) in [5, 5.41) is 8.80. The van der Waals surface area contributed by atoms with Gasteiger partial charge >= 0.3 is 18.0 Å². The number of H-pyrrole nitrogens is 1. The van der Waals surface area contributed by atoms with Crippen LogP contribution in [-0.4, -0.2) is 53.7 Å². The highest BCUT2D eigenvalue weighted by Gasteiger charge is 2.36. The van der Waals surface area contributed by atoms with Gasteiger partial charge in [0.25, 0.3) is 5.89 Å². The Morgan fingerprint density at radius 2 is 2.14 bits per heavy atom. The van der Waals surface area contributed by atoms with Gasteiger partial charge < -0.3 is 14.3 Å². The van der Waals surface area contributed by atoms with Crippen LogP contribution in [0, 0.1) is 0 Å². The number of imidazole rings is 1. The molecule has 0 aliphatic carbocycles. The third-order valence-corrected chi connectivity index (χ3v) is 5.90. The Balaban J connectivity index is 1.41. The monoisotopic (exact) mass is 514 g/mol. The molecule has 3 aromatic heterocycles. The molecule has 0 fully saturated rings. The Bertz CT molecular complexity index is 1380. The molecule has 14 heteroatoms. The Kier molecular flexibility index (Phi) is 6.18. The molecule has 0 saturated carbocycles. The molecule has 1 N–H and O–H groups in total. The van der Waals surface area contributed by atoms with Crippen molar-refractivity contribution in [1.29, 1.82) is 0 Å². The van der Waals surface area contributed by atoms with E-state index in [1.54, 1.807) is 35.4 Å². The standard InChI is InChI=1S/C22H17F3N8O2S/c23-22(24,25)13-4-5-14(33(11-13)31-36)6-7-17-18-15(27-12-28-18)8-10-32(17)21(34)20-30-29-19(35-20)16-3-1-2-9-26-16/h1-6,9,11-12,17H,7-8,10H2,(H,27,28)/b14-6-/t17-/m0/s1. The Hall–Kier alpha value is -4.20. The number of fused-ring (bicyclic) bond motifs is 1. The van der Waals surface area contributed by atoms with Crippen molar-refractivity contribution in [3.8, 4) is 11.6 Å². The predicted molar refractivity (Wildman–Crippen MR) is 121 cm³/mol. The Morgan fingerprint density at radius 1 is 1.28 bits per heavy atom. The third-order valence-electron chi connectivity index (χ3n) is 5.72. The number of halogens is 3. The highest BCUT2D eigenvalue weighted by atomic mass is 32.1. The zero-order valence-electron chi connectivity index (χ0n) is 18.4. The zero-order chi connectivity index (χ0) is 25.3. The number of hydrogen-bond donors (Lipinski definition) is 1. The van der Waals surface area contributed by atoms with Gasteiger partial charge in [0.05, 0.1) is 41.8 Å². The summed E-state index contributed by atoms with van der Waals surface area (Å²) in [7, 11) is 0. The van der Waals surface area contributed by atoms with Gasteiger partial charge in [0.15, 0.2) is 0 Å². The van der Waals surface area contributed by atoms with Crippen molar-refractivity contribution in [2.75, 3.05) is 6.54 Å². The van der Waals surface area contributed by atoms with Gasteiger partial charge in [-0.1, -0.05) is 16.6 Å². The molecule has 10 nitrogen and oxygen atoms in total. The number of carbonyl (C=O) groups is 1. The van der Waals surface area contributed by atoms with Crippen molar-refractivity contribution in [3.63, 3.8) is 0 Å². The zero-order valence-corrected chi connectivity index (χ0v) is 19.2. The summed E-state index contributed by atoms with van der Waals surface area (Å²) >= 11 is 4.67. The van der Waals surface area contributed by atoms with Crippen LogP contribution in [0.3, 0.4) is 0 Å². The third kappa shape index (κ3) is 4.54. The molecular weight excluding hydrogens is 497 g/mol. The van der Waals surface area contributed by atoms with E-state index in [-0.39, 0.29) is 18.2 Å². The molecule has 0 aromatic carbocycles. The lowest BCUT2D eigenvalue weighted by molar-refractivity contribution is -0.0893. The van der Waals surface area contributed by atoms with E-state index in [2.05, 4.69) is 42.0 Å². The summed E-state index contributed by atoms with van der Waals surface area (Å²) in [4.78, 5) is 26.5. The van der Waals surface area contributed by atoms with Crippen molar-refractivity contribution in [2.24, 2.45) is 4.47 Å². The van der Waals surface area contributed by atoms with Crippen LogP contribution in [0.1, 0.15) is 34.5 Å². The minimum absolute atomic E-state index is 0.109. The first-order valence-corrected chi connectivity index (χ1v) is 11.1. The fourth-order valence-electron chi connectivity index (χ4n) is 4.00. The number of alkyl halides is 3. The number of pyridine rings is 1. The van der Waals surface area contributed by atoms with Crippen LogP contribution in [0.4, 0.5) is 13.2 Å². The van der Waals surface area contributed by atoms with E-state index in [4.69, 9.17) is 4.42 Å². The van der Waals surface area contributed by atoms with Gasteiger partial charge in [0, 0.05) is 31.1 Å². The lowest BCUT2D eigenvalue weighted by atomic mass is 9.98. The maximum atomic E-state index is 13.4. The predicted octanol–water partition coefficient (Wildman–Crippen LogP) is 3.83. The van der Waals surface area contributed by atoms with E-state index >= 15 is 0 Å². The smallest absolute Gasteiger partial charge is 0.411 e. The van der Waals surface area contributed by atoms with E-state index < -0.39 is 23.7 Å². The maximum Gasteiger partial charge on any atom is 0.417 e. The Labute approximate surface area is 207 Å². The molecule has 5 rings (SSSR count). The first-order valence-electron chi connectivity index (χ1n) is 10.7. The quantitative estimate of drug-likeness (QED) is 0.546. The molecule has 0 unspecified atom stereocenters. The number of nitrogens with one attached hydrogen (secondary N) is 1. The largest absolute Gasteiger partial charge is 0.417 e. The van der Waals surface area contributed by atoms with Gasteiger partial charge in [0.1, 0.15) is 5.69 Å². The van der Waals surface area contributed by atoms with E-state index in [9.17, 15) is 18.0 Å². The molecule has 1 amide bonds. The first-order chi connectivity index (χ1) is 17.3. The van der Waals surface area contributed by atoms with Crippen LogP contribution < -0.4 is 0 Å². The normalized spacial score (nSPS) is 18.8. The van der Waals surface area contributed by atoms with Crippen molar-refractivity contribution in [2.45, 2.75) is 25.1 Å². The van der Waals surface area contributed by atoms with Crippen LogP contribution in [0.5, 0.6) is 0 Å². The van der Waals surface area contributed by atoms with Crippen LogP contribution in [0.2, 0.25) is 0 Å². The molecule has 184 valence electrons. The molecule has 0 radical (unpaired) electrons. The van der Waals surface area contributed by atoms with E-state index in [0.29, 0.717) is 30.1 Å². The minimum Gasteiger partial charge on any atom is -0.411 e. The fraction of sp³-hybridized carbons (Fsp3) is 0.227. The summed E-state index contributed by atoms with van der Waals surface area (Å²) in [5.41, 5.74) is 1.40. The van der Waals surface area contributed by atoms with Crippen LogP contribution in [0.25, 0.3) is 11.6 Å². The summed E-state index contributed by atoms with van der Waals surface area (Å²) < 4.78 is 48.3. The second kappa shape index (κ2) is 9.45. The molecular formula is C22H17F3N8O2S. The van der Waals surface area contributed by atoms with Gasteiger partial charge in [-0.05, 0) is 30.7 Å². The number of amides is 1. The van der Waals surface area contributed by atoms with Crippen molar-refractivity contribution < 1.29 is 22.4 Å². The molecule has 0 bridgehead atoms. The first kappa shape index (κ1) is 23.5. The van der Waals surface area contributed by atoms with E-state index in [1.165, 1.54) is 12.4 Å². The average Bonchev–Trinajstić information content (AvgIpc) is 3.57. The SMILES string of the molecule is O=C(c1nnc(-c2ccccn2)o1)N1CCc2[nH]cnc2[C@@H]1C/C=C1/C=CC(C(F)(F)F)=CN1N=S. The number of aromatic amines is 1. The van der Waals surface area contributed by atoms with Crippen molar-refractivity contribution in [3.05, 3.63) is 83.7 Å². The molecule has 36 heavy (non-hydrogen) atoms. The van der Waals surface area contributed by atoms with Gasteiger partial charge in [-0.25, -0.2) is 9.99 Å². The molecule has 0 spiro atoms. The van der Waals surface area contributed by atoms with Gasteiger partial charge in [-0.15, -0.1) is 10.2 Å². The van der Waals surface area contributed by atoms with Crippen molar-refractivity contribution >= 4 is 18.3 Å². The summed E-state index contributed by atoms with van der Waals surface area (Å²) in [5.74, 6) is -0.591. The summed E-state index contributed by atoms with van der Waals surface area (Å²) in [6, 6.07) is 4.63. The average molecular weight is 514 g/mol. The molecule has 0 saturated heterocycles. The van der Waals surface area contributed by atoms with E-state index in [0.717, 1.165) is 23.0 Å². The highest BCUT2D eigenvalue weighted by Crippen LogP contribution is 2.34. The molecule has 5 heterocycles. The molecule has 2 aliphatic rings. The van der Waals surface area contributed by atoms with Crippen LogP contribution in [0.15, 0.2) is 75.3 Å². The number of allylic oxidation sites excluding steroid dienone is 3. The number of hydrogen-bond acceptors (Lipinski definition) is 8. The molecule has 2 aliphatic heterocycles. The van der Waals surface area contributed by atoms with Crippen LogP contribution in [-0.2, 0) is 18.8 Å². The summed E-state index contributed by atoms with van der Waals surface area (Å²) in [6.07, 6.45) is 4.02. The Morgan fingerprint density at radius 3 is 2.89 bits per heavy atom. The number of aromatic nitrogens is 5. The number of rotatable bonds is 5. The second-order valence-electron chi connectivity index (χ2n) is 7.86. The molecule has 3 aromatic rings.